The van der Waals surface area contributed by atoms with Crippen molar-refractivity contribution < 1.29 is 4.39 Å². The van der Waals surface area contributed by atoms with Crippen molar-refractivity contribution >= 4 is 5.82 Å². The molecule has 1 heterocycles. The summed E-state index contributed by atoms with van der Waals surface area (Å²) >= 11 is 0. The fourth-order valence-electron chi connectivity index (χ4n) is 1.77. The van der Waals surface area contributed by atoms with Gasteiger partial charge in [0.2, 0.25) is 5.95 Å². The number of hydrogen-bond acceptors (Lipinski definition) is 2. The van der Waals surface area contributed by atoms with Crippen molar-refractivity contribution in [2.24, 2.45) is 5.92 Å². The van der Waals surface area contributed by atoms with Crippen LogP contribution < -0.4 is 4.90 Å². The Morgan fingerprint density at radius 2 is 2.29 bits per heavy atom. The Morgan fingerprint density at radius 1 is 1.50 bits per heavy atom. The van der Waals surface area contributed by atoms with Gasteiger partial charge in [-0.25, -0.2) is 4.98 Å². The van der Waals surface area contributed by atoms with E-state index < -0.39 is 5.95 Å². The molecule has 0 atom stereocenters. The SMILES string of the molecule is CN(CC1CCC1)c1cccc(F)n1. The van der Waals surface area contributed by atoms with Crippen LogP contribution in [0.5, 0.6) is 0 Å². The van der Waals surface area contributed by atoms with Gasteiger partial charge in [0.05, 0.1) is 0 Å². The lowest BCUT2D eigenvalue weighted by atomic mass is 9.85. The topological polar surface area (TPSA) is 16.1 Å². The van der Waals surface area contributed by atoms with Crippen molar-refractivity contribution in [2.75, 3.05) is 18.5 Å². The predicted octanol–water partition coefficient (Wildman–Crippen LogP) is 2.46. The Kier molecular flexibility index (Phi) is 2.66. The van der Waals surface area contributed by atoms with Crippen LogP contribution in [0.25, 0.3) is 0 Å². The van der Waals surface area contributed by atoms with Gasteiger partial charge in [0, 0.05) is 13.6 Å². The maximum Gasteiger partial charge on any atom is 0.214 e. The number of pyridine rings is 1. The molecule has 2 rings (SSSR count). The molecule has 0 bridgehead atoms. The number of aromatic nitrogens is 1. The van der Waals surface area contributed by atoms with Gasteiger partial charge in [-0.1, -0.05) is 12.5 Å². The fraction of sp³-hybridized carbons (Fsp3) is 0.545. The first kappa shape index (κ1) is 9.44. The number of rotatable bonds is 3. The molecule has 0 aliphatic heterocycles. The van der Waals surface area contributed by atoms with E-state index in [1.54, 1.807) is 6.07 Å². The highest BCUT2D eigenvalue weighted by Gasteiger charge is 2.19. The highest BCUT2D eigenvalue weighted by atomic mass is 19.1. The van der Waals surface area contributed by atoms with Crippen LogP contribution in [0.1, 0.15) is 19.3 Å². The summed E-state index contributed by atoms with van der Waals surface area (Å²) in [6.45, 7) is 0.996. The van der Waals surface area contributed by atoms with E-state index in [4.69, 9.17) is 0 Å². The molecule has 0 N–H and O–H groups in total. The minimum Gasteiger partial charge on any atom is -0.359 e. The van der Waals surface area contributed by atoms with Gasteiger partial charge in [-0.05, 0) is 30.9 Å². The molecule has 2 nitrogen and oxygen atoms in total. The lowest BCUT2D eigenvalue weighted by Crippen LogP contribution is -2.29. The van der Waals surface area contributed by atoms with Gasteiger partial charge >= 0.3 is 0 Å². The summed E-state index contributed by atoms with van der Waals surface area (Å²) < 4.78 is 12.8. The molecule has 0 aromatic carbocycles. The smallest absolute Gasteiger partial charge is 0.214 e. The van der Waals surface area contributed by atoms with Gasteiger partial charge in [0.15, 0.2) is 0 Å². The largest absolute Gasteiger partial charge is 0.359 e. The van der Waals surface area contributed by atoms with Gasteiger partial charge in [-0.2, -0.15) is 4.39 Å². The number of nitrogens with zero attached hydrogens (tertiary/aromatic N) is 2. The van der Waals surface area contributed by atoms with E-state index in [1.807, 2.05) is 18.0 Å². The third-order valence-corrected chi connectivity index (χ3v) is 2.85. The maximum absolute atomic E-state index is 12.8. The Balaban J connectivity index is 1.98. The fourth-order valence-corrected chi connectivity index (χ4v) is 1.77. The predicted molar refractivity (Wildman–Crippen MR) is 54.8 cm³/mol. The Hall–Kier alpha value is -1.12. The summed E-state index contributed by atoms with van der Waals surface area (Å²) in [5.74, 6) is 1.12. The highest BCUT2D eigenvalue weighted by molar-refractivity contribution is 5.36. The summed E-state index contributed by atoms with van der Waals surface area (Å²) in [6, 6.07) is 4.93. The molecular formula is C11H15FN2. The Labute approximate surface area is 83.8 Å². The molecule has 1 aromatic heterocycles. The number of hydrogen-bond donors (Lipinski definition) is 0. The van der Waals surface area contributed by atoms with Crippen molar-refractivity contribution in [2.45, 2.75) is 19.3 Å². The van der Waals surface area contributed by atoms with E-state index in [0.717, 1.165) is 18.3 Å². The maximum atomic E-state index is 12.8. The molecule has 1 aromatic rings. The van der Waals surface area contributed by atoms with E-state index in [0.29, 0.717) is 0 Å². The summed E-state index contributed by atoms with van der Waals surface area (Å²) in [6.07, 6.45) is 3.95. The zero-order valence-electron chi connectivity index (χ0n) is 8.41. The minimum absolute atomic E-state index is 0.400. The van der Waals surface area contributed by atoms with Gasteiger partial charge in [-0.15, -0.1) is 0 Å². The zero-order chi connectivity index (χ0) is 9.97. The molecule has 1 fully saturated rings. The Morgan fingerprint density at radius 3 is 2.86 bits per heavy atom. The normalized spacial score (nSPS) is 16.4. The molecule has 14 heavy (non-hydrogen) atoms. The molecule has 1 aliphatic rings. The number of halogens is 1. The summed E-state index contributed by atoms with van der Waals surface area (Å²) in [5, 5.41) is 0. The molecule has 1 aliphatic carbocycles. The van der Waals surface area contributed by atoms with Crippen LogP contribution in [-0.2, 0) is 0 Å². The van der Waals surface area contributed by atoms with Gasteiger partial charge in [0.25, 0.3) is 0 Å². The molecule has 0 saturated heterocycles. The second-order valence-electron chi connectivity index (χ2n) is 4.00. The molecule has 76 valence electrons. The average Bonchev–Trinajstić information content (AvgIpc) is 2.11. The van der Waals surface area contributed by atoms with Crippen LogP contribution in [0.2, 0.25) is 0 Å². The van der Waals surface area contributed by atoms with E-state index in [2.05, 4.69) is 4.98 Å². The van der Waals surface area contributed by atoms with E-state index in [1.165, 1.54) is 25.3 Å². The van der Waals surface area contributed by atoms with Crippen LogP contribution in [0, 0.1) is 11.9 Å². The summed E-state index contributed by atoms with van der Waals surface area (Å²) in [7, 11) is 1.97. The van der Waals surface area contributed by atoms with Crippen LogP contribution in [0.4, 0.5) is 10.2 Å². The zero-order valence-corrected chi connectivity index (χ0v) is 8.41. The molecule has 1 saturated carbocycles. The first-order valence-electron chi connectivity index (χ1n) is 5.09. The monoisotopic (exact) mass is 194 g/mol. The third-order valence-electron chi connectivity index (χ3n) is 2.85. The van der Waals surface area contributed by atoms with Crippen molar-refractivity contribution in [1.29, 1.82) is 0 Å². The molecular weight excluding hydrogens is 179 g/mol. The summed E-state index contributed by atoms with van der Waals surface area (Å²) in [5.41, 5.74) is 0. The lowest BCUT2D eigenvalue weighted by molar-refractivity contribution is 0.321. The average molecular weight is 194 g/mol. The van der Waals surface area contributed by atoms with Crippen LogP contribution >= 0.6 is 0 Å². The molecule has 0 radical (unpaired) electrons. The molecule has 0 amide bonds. The standard InChI is InChI=1S/C11H15FN2/c1-14(8-9-4-2-5-9)11-7-3-6-10(12)13-11/h3,6-7,9H,2,4-5,8H2,1H3. The van der Waals surface area contributed by atoms with Crippen molar-refractivity contribution in [3.8, 4) is 0 Å². The van der Waals surface area contributed by atoms with E-state index in [9.17, 15) is 4.39 Å². The van der Waals surface area contributed by atoms with Crippen LogP contribution in [0.15, 0.2) is 18.2 Å². The van der Waals surface area contributed by atoms with Crippen LogP contribution in [0.3, 0.4) is 0 Å². The highest BCUT2D eigenvalue weighted by Crippen LogP contribution is 2.27. The lowest BCUT2D eigenvalue weighted by Gasteiger charge is -2.30. The quantitative estimate of drug-likeness (QED) is 0.687. The molecule has 0 spiro atoms. The molecule has 0 unspecified atom stereocenters. The second kappa shape index (κ2) is 3.95. The number of anilines is 1. The van der Waals surface area contributed by atoms with Gasteiger partial charge in [0.1, 0.15) is 5.82 Å². The van der Waals surface area contributed by atoms with Gasteiger partial charge < -0.3 is 4.90 Å². The van der Waals surface area contributed by atoms with Crippen molar-refractivity contribution in [3.63, 3.8) is 0 Å². The Bertz CT molecular complexity index is 310. The van der Waals surface area contributed by atoms with E-state index in [-0.39, 0.29) is 0 Å². The molecule has 3 heteroatoms. The third kappa shape index (κ3) is 2.03. The first-order valence-corrected chi connectivity index (χ1v) is 5.09. The van der Waals surface area contributed by atoms with Gasteiger partial charge in [-0.3, -0.25) is 0 Å². The van der Waals surface area contributed by atoms with Crippen LogP contribution in [-0.4, -0.2) is 18.6 Å². The first-order chi connectivity index (χ1) is 6.75. The summed E-state index contributed by atoms with van der Waals surface area (Å²) in [4.78, 5) is 5.88. The van der Waals surface area contributed by atoms with Crippen molar-refractivity contribution in [3.05, 3.63) is 24.1 Å². The van der Waals surface area contributed by atoms with E-state index >= 15 is 0 Å². The second-order valence-corrected chi connectivity index (χ2v) is 4.00. The minimum atomic E-state index is -0.400. The van der Waals surface area contributed by atoms with Crippen molar-refractivity contribution in [1.82, 2.24) is 4.98 Å².